The van der Waals surface area contributed by atoms with Gasteiger partial charge in [-0.2, -0.15) is 0 Å². The van der Waals surface area contributed by atoms with Crippen molar-refractivity contribution in [2.75, 3.05) is 6.61 Å². The van der Waals surface area contributed by atoms with Gasteiger partial charge in [0, 0.05) is 0 Å². The summed E-state index contributed by atoms with van der Waals surface area (Å²) in [7, 11) is 0. The van der Waals surface area contributed by atoms with Crippen molar-refractivity contribution < 1.29 is 14.6 Å². The molecular weight excluding hydrogens is 216 g/mol. The first kappa shape index (κ1) is 13.7. The molecule has 1 atom stereocenters. The first-order chi connectivity index (χ1) is 7.90. The summed E-state index contributed by atoms with van der Waals surface area (Å²) in [6.45, 7) is 9.44. The molecule has 0 aliphatic carbocycles. The summed E-state index contributed by atoms with van der Waals surface area (Å²) in [5, 5.41) is 9.58. The molecule has 0 bridgehead atoms. The van der Waals surface area contributed by atoms with Crippen molar-refractivity contribution in [2.45, 2.75) is 32.7 Å². The minimum Gasteiger partial charge on any atom is -0.488 e. The van der Waals surface area contributed by atoms with Crippen LogP contribution in [0, 0.1) is 0 Å². The Morgan fingerprint density at radius 2 is 1.88 bits per heavy atom. The van der Waals surface area contributed by atoms with Gasteiger partial charge in [0.15, 0.2) is 6.29 Å². The van der Waals surface area contributed by atoms with Crippen LogP contribution in [0.15, 0.2) is 30.8 Å². The molecule has 0 amide bonds. The second-order valence-corrected chi connectivity index (χ2v) is 4.77. The topological polar surface area (TPSA) is 38.7 Å². The second-order valence-electron chi connectivity index (χ2n) is 4.77. The van der Waals surface area contributed by atoms with Crippen molar-refractivity contribution in [2.24, 2.45) is 0 Å². The number of hydrogen-bond donors (Lipinski definition) is 1. The maximum atomic E-state index is 9.58. The van der Waals surface area contributed by atoms with Gasteiger partial charge in [-0.1, -0.05) is 24.8 Å². The first-order valence-electron chi connectivity index (χ1n) is 5.62. The molecule has 0 aliphatic heterocycles. The lowest BCUT2D eigenvalue weighted by Crippen LogP contribution is -2.31. The molecular formula is C14H20O3. The van der Waals surface area contributed by atoms with E-state index < -0.39 is 6.29 Å². The Bertz CT molecular complexity index is 349. The summed E-state index contributed by atoms with van der Waals surface area (Å²) >= 11 is 0. The predicted molar refractivity (Wildman–Crippen MR) is 68.9 cm³/mol. The van der Waals surface area contributed by atoms with Crippen molar-refractivity contribution in [1.29, 1.82) is 0 Å². The van der Waals surface area contributed by atoms with Crippen LogP contribution in [0.3, 0.4) is 0 Å². The van der Waals surface area contributed by atoms with Crippen molar-refractivity contribution in [3.05, 3.63) is 36.4 Å². The number of aliphatic hydroxyl groups is 1. The monoisotopic (exact) mass is 236 g/mol. The van der Waals surface area contributed by atoms with Gasteiger partial charge in [-0.25, -0.2) is 0 Å². The van der Waals surface area contributed by atoms with E-state index in [1.165, 1.54) is 0 Å². The van der Waals surface area contributed by atoms with E-state index in [1.807, 2.05) is 45.0 Å². The number of hydrogen-bond acceptors (Lipinski definition) is 3. The first-order valence-corrected chi connectivity index (χ1v) is 5.62. The van der Waals surface area contributed by atoms with Gasteiger partial charge in [0.05, 0.1) is 5.60 Å². The van der Waals surface area contributed by atoms with E-state index in [0.717, 1.165) is 5.56 Å². The smallest absolute Gasteiger partial charge is 0.189 e. The third kappa shape index (κ3) is 5.52. The standard InChI is InChI=1S/C14H20O3/c1-5-11-6-8-12(9-7-11)16-10-13(15)17-14(2,3)4/h5-9,13,15H,1,10H2,2-4H3. The summed E-state index contributed by atoms with van der Waals surface area (Å²) < 4.78 is 10.7. The molecule has 0 heterocycles. The molecule has 0 fully saturated rings. The highest BCUT2D eigenvalue weighted by Crippen LogP contribution is 2.14. The zero-order chi connectivity index (χ0) is 12.9. The third-order valence-electron chi connectivity index (χ3n) is 2.00. The lowest BCUT2D eigenvalue weighted by atomic mass is 10.2. The van der Waals surface area contributed by atoms with Gasteiger partial charge in [-0.05, 0) is 38.5 Å². The van der Waals surface area contributed by atoms with Gasteiger partial charge in [0.25, 0.3) is 0 Å². The Morgan fingerprint density at radius 3 is 2.35 bits per heavy atom. The fraction of sp³-hybridized carbons (Fsp3) is 0.429. The van der Waals surface area contributed by atoms with Gasteiger partial charge in [0.2, 0.25) is 0 Å². The Labute approximate surface area is 103 Å². The predicted octanol–water partition coefficient (Wildman–Crippen LogP) is 2.84. The van der Waals surface area contributed by atoms with Gasteiger partial charge < -0.3 is 14.6 Å². The third-order valence-corrected chi connectivity index (χ3v) is 2.00. The van der Waals surface area contributed by atoms with Crippen LogP contribution in [-0.4, -0.2) is 23.6 Å². The molecule has 0 aliphatic rings. The van der Waals surface area contributed by atoms with Gasteiger partial charge in [-0.3, -0.25) is 0 Å². The van der Waals surface area contributed by atoms with Crippen molar-refractivity contribution in [3.8, 4) is 5.75 Å². The number of aliphatic hydroxyl groups excluding tert-OH is 1. The number of rotatable bonds is 5. The van der Waals surface area contributed by atoms with Crippen molar-refractivity contribution in [3.63, 3.8) is 0 Å². The van der Waals surface area contributed by atoms with E-state index >= 15 is 0 Å². The Balaban J connectivity index is 2.41. The SMILES string of the molecule is C=Cc1ccc(OCC(O)OC(C)(C)C)cc1. The molecule has 0 saturated carbocycles. The molecule has 1 rings (SSSR count). The number of benzene rings is 1. The van der Waals surface area contributed by atoms with Crippen LogP contribution in [0.1, 0.15) is 26.3 Å². The Hall–Kier alpha value is -1.32. The normalized spacial score (nSPS) is 13.2. The molecule has 1 aromatic rings. The van der Waals surface area contributed by atoms with Gasteiger partial charge in [0.1, 0.15) is 12.4 Å². The minimum absolute atomic E-state index is 0.116. The molecule has 0 aromatic heterocycles. The maximum absolute atomic E-state index is 9.58. The quantitative estimate of drug-likeness (QED) is 0.799. The van der Waals surface area contributed by atoms with Gasteiger partial charge in [-0.15, -0.1) is 0 Å². The van der Waals surface area contributed by atoms with E-state index in [9.17, 15) is 5.11 Å². The van der Waals surface area contributed by atoms with Crippen LogP contribution in [0.2, 0.25) is 0 Å². The largest absolute Gasteiger partial charge is 0.488 e. The van der Waals surface area contributed by atoms with Crippen molar-refractivity contribution in [1.82, 2.24) is 0 Å². The van der Waals surface area contributed by atoms with Crippen LogP contribution in [-0.2, 0) is 4.74 Å². The molecule has 1 aromatic carbocycles. The van der Waals surface area contributed by atoms with Crippen LogP contribution in [0.4, 0.5) is 0 Å². The average Bonchev–Trinajstić information content (AvgIpc) is 2.25. The van der Waals surface area contributed by atoms with Crippen LogP contribution in [0.5, 0.6) is 5.75 Å². The summed E-state index contributed by atoms with van der Waals surface area (Å²) in [6.07, 6.45) is 0.843. The molecule has 3 heteroatoms. The zero-order valence-corrected chi connectivity index (χ0v) is 10.6. The highest BCUT2D eigenvalue weighted by Gasteiger charge is 2.16. The zero-order valence-electron chi connectivity index (χ0n) is 10.6. The van der Waals surface area contributed by atoms with Crippen LogP contribution >= 0.6 is 0 Å². The summed E-state index contributed by atoms with van der Waals surface area (Å²) in [5.74, 6) is 0.701. The Morgan fingerprint density at radius 1 is 1.29 bits per heavy atom. The molecule has 0 saturated heterocycles. The molecule has 1 N–H and O–H groups in total. The second kappa shape index (κ2) is 5.84. The van der Waals surface area contributed by atoms with Crippen molar-refractivity contribution >= 4 is 6.08 Å². The fourth-order valence-corrected chi connectivity index (χ4v) is 1.31. The lowest BCUT2D eigenvalue weighted by molar-refractivity contribution is -0.178. The van der Waals surface area contributed by atoms with Gasteiger partial charge >= 0.3 is 0 Å². The molecule has 17 heavy (non-hydrogen) atoms. The fourth-order valence-electron chi connectivity index (χ4n) is 1.31. The summed E-state index contributed by atoms with van der Waals surface area (Å²) in [6, 6.07) is 7.47. The Kier molecular flexibility index (Phi) is 4.73. The van der Waals surface area contributed by atoms with E-state index in [1.54, 1.807) is 6.08 Å². The highest BCUT2D eigenvalue weighted by atomic mass is 16.6. The van der Waals surface area contributed by atoms with E-state index in [2.05, 4.69) is 6.58 Å². The van der Waals surface area contributed by atoms with Crippen LogP contribution in [0.25, 0.3) is 6.08 Å². The molecule has 1 unspecified atom stereocenters. The summed E-state index contributed by atoms with van der Waals surface area (Å²) in [4.78, 5) is 0. The van der Waals surface area contributed by atoms with E-state index in [-0.39, 0.29) is 12.2 Å². The highest BCUT2D eigenvalue weighted by molar-refractivity contribution is 5.48. The number of ether oxygens (including phenoxy) is 2. The average molecular weight is 236 g/mol. The molecule has 94 valence electrons. The van der Waals surface area contributed by atoms with E-state index in [0.29, 0.717) is 5.75 Å². The van der Waals surface area contributed by atoms with Crippen LogP contribution < -0.4 is 4.74 Å². The molecule has 0 radical (unpaired) electrons. The summed E-state index contributed by atoms with van der Waals surface area (Å²) in [5.41, 5.74) is 0.652. The lowest BCUT2D eigenvalue weighted by Gasteiger charge is -2.23. The maximum Gasteiger partial charge on any atom is 0.189 e. The van der Waals surface area contributed by atoms with E-state index in [4.69, 9.17) is 9.47 Å². The minimum atomic E-state index is -0.922. The molecule has 3 nitrogen and oxygen atoms in total. The molecule has 0 spiro atoms.